The Morgan fingerprint density at radius 3 is 1.12 bits per heavy atom. The molecule has 0 aliphatic heterocycles. The SMILES string of the molecule is CC/C=C\C/C=C\C/C=C\C/C=C\C/C=C\C/C=C\C/C=C\CCCCCCCC(=O)OC(COC(=O)CCCC/C=C\C/C=C\C/C=C\C/C=C\C/C=C\C/C=C\CC)COC(OCC[N+](C)(C)C)C(=O)[O-]. The minimum absolute atomic E-state index is 0.126. The van der Waals surface area contributed by atoms with Crippen molar-refractivity contribution in [1.82, 2.24) is 0 Å². The number of aliphatic carboxylic acids is 1. The molecule has 2 unspecified atom stereocenters. The lowest BCUT2D eigenvalue weighted by atomic mass is 10.1. The summed E-state index contributed by atoms with van der Waals surface area (Å²) in [6.45, 7) is 4.40. The molecular weight excluding hydrogens is 911 g/mol. The van der Waals surface area contributed by atoms with Crippen LogP contribution in [0.4, 0.5) is 0 Å². The summed E-state index contributed by atoms with van der Waals surface area (Å²) in [6.07, 6.45) is 75.7. The van der Waals surface area contributed by atoms with Crippen LogP contribution in [0.3, 0.4) is 0 Å². The van der Waals surface area contributed by atoms with Gasteiger partial charge in [-0.2, -0.15) is 0 Å². The van der Waals surface area contributed by atoms with E-state index in [4.69, 9.17) is 18.9 Å². The third-order valence-corrected chi connectivity index (χ3v) is 10.8. The summed E-state index contributed by atoms with van der Waals surface area (Å²) in [7, 11) is 5.88. The van der Waals surface area contributed by atoms with Gasteiger partial charge in [0.15, 0.2) is 12.4 Å². The van der Waals surface area contributed by atoms with Gasteiger partial charge >= 0.3 is 11.9 Å². The number of ether oxygens (including phenoxy) is 4. The number of hydrogen-bond donors (Lipinski definition) is 0. The Hall–Kier alpha value is -5.09. The van der Waals surface area contributed by atoms with Gasteiger partial charge in [-0.1, -0.05) is 191 Å². The number of allylic oxidation sites excluding steroid dienone is 26. The fraction of sp³-hybridized carbons (Fsp3) is 0.547. The first-order chi connectivity index (χ1) is 35.6. The Kier molecular flexibility index (Phi) is 49.5. The van der Waals surface area contributed by atoms with Crippen LogP contribution in [0.25, 0.3) is 0 Å². The molecule has 0 saturated carbocycles. The van der Waals surface area contributed by atoms with Crippen LogP contribution in [0.1, 0.15) is 168 Å². The summed E-state index contributed by atoms with van der Waals surface area (Å²) in [5.41, 5.74) is 0. The predicted molar refractivity (Wildman–Crippen MR) is 305 cm³/mol. The number of likely N-dealkylation sites (N-methyl/N-ethyl adjacent to an activating group) is 1. The predicted octanol–water partition coefficient (Wildman–Crippen LogP) is 14.9. The second-order valence-electron chi connectivity index (χ2n) is 18.8. The zero-order chi connectivity index (χ0) is 53.4. The van der Waals surface area contributed by atoms with Crippen LogP contribution in [-0.4, -0.2) is 82.3 Å². The van der Waals surface area contributed by atoms with Crippen LogP contribution >= 0.6 is 0 Å². The number of quaternary nitrogens is 1. The van der Waals surface area contributed by atoms with Crippen molar-refractivity contribution in [1.29, 1.82) is 0 Å². The molecular formula is C64H99NO8. The van der Waals surface area contributed by atoms with Gasteiger partial charge in [-0.15, -0.1) is 0 Å². The van der Waals surface area contributed by atoms with Crippen molar-refractivity contribution in [2.75, 3.05) is 47.5 Å². The maximum atomic E-state index is 12.8. The third-order valence-electron chi connectivity index (χ3n) is 10.8. The van der Waals surface area contributed by atoms with Crippen molar-refractivity contribution in [3.63, 3.8) is 0 Å². The molecule has 9 nitrogen and oxygen atoms in total. The van der Waals surface area contributed by atoms with Gasteiger partial charge < -0.3 is 33.3 Å². The molecule has 0 aromatic carbocycles. The number of carbonyl (C=O) groups excluding carboxylic acids is 3. The molecule has 0 rings (SSSR count). The number of carboxylic acids is 1. The summed E-state index contributed by atoms with van der Waals surface area (Å²) in [4.78, 5) is 37.2. The molecule has 0 saturated heterocycles. The van der Waals surface area contributed by atoms with Crippen molar-refractivity contribution in [3.05, 3.63) is 158 Å². The normalized spacial score (nSPS) is 14.0. The van der Waals surface area contributed by atoms with Crippen LogP contribution in [0.15, 0.2) is 158 Å². The van der Waals surface area contributed by atoms with Crippen LogP contribution in [0, 0.1) is 0 Å². The van der Waals surface area contributed by atoms with E-state index in [9.17, 15) is 19.5 Å². The number of carbonyl (C=O) groups is 3. The molecule has 9 heteroatoms. The quantitative estimate of drug-likeness (QED) is 0.0195. The van der Waals surface area contributed by atoms with E-state index < -0.39 is 30.3 Å². The van der Waals surface area contributed by atoms with Gasteiger partial charge in [0.25, 0.3) is 0 Å². The minimum atomic E-state index is -1.65. The van der Waals surface area contributed by atoms with E-state index in [0.29, 0.717) is 23.9 Å². The van der Waals surface area contributed by atoms with Crippen LogP contribution < -0.4 is 5.11 Å². The molecule has 0 amide bonds. The summed E-state index contributed by atoms with van der Waals surface area (Å²) < 4.78 is 22.6. The fourth-order valence-electron chi connectivity index (χ4n) is 6.58. The van der Waals surface area contributed by atoms with Crippen molar-refractivity contribution < 1.29 is 42.9 Å². The molecule has 0 aromatic rings. The van der Waals surface area contributed by atoms with Crippen molar-refractivity contribution >= 4 is 17.9 Å². The van der Waals surface area contributed by atoms with E-state index in [1.807, 2.05) is 21.1 Å². The van der Waals surface area contributed by atoms with E-state index in [0.717, 1.165) is 128 Å². The van der Waals surface area contributed by atoms with Crippen molar-refractivity contribution in [2.24, 2.45) is 0 Å². The number of rotatable bonds is 48. The standard InChI is InChI=1S/C64H99NO8/c1-6-8-10-12-14-16-18-20-22-24-26-28-29-30-31-32-33-35-37-39-41-43-45-47-49-51-53-55-62(67)73-60(59-72-64(63(68)69)70-57-56-65(3,4)5)58-71-61(66)54-52-50-48-46-44-42-40-38-36-34-27-25-23-21-19-17-15-13-11-9-7-2/h8-11,14-17,20-23,26-28,30-31,33-35,38-41,44,46,60,64H,6-7,12-13,18-19,24-25,29,32,36-37,42-43,45,47-59H2,1-5H3/b10-8-,11-9-,16-14-,17-15-,22-20-,23-21-,28-26-,31-30-,34-27-,35-33-,40-38-,41-39-,46-44-. The van der Waals surface area contributed by atoms with Gasteiger partial charge in [-0.05, 0) is 122 Å². The Morgan fingerprint density at radius 1 is 0.411 bits per heavy atom. The molecule has 0 N–H and O–H groups in total. The van der Waals surface area contributed by atoms with Crippen LogP contribution in [0.2, 0.25) is 0 Å². The largest absolute Gasteiger partial charge is 0.545 e. The second-order valence-corrected chi connectivity index (χ2v) is 18.8. The third kappa shape index (κ3) is 54.5. The van der Waals surface area contributed by atoms with Gasteiger partial charge in [0.2, 0.25) is 0 Å². The Balaban J connectivity index is 4.46. The molecule has 0 aliphatic carbocycles. The highest BCUT2D eigenvalue weighted by Gasteiger charge is 2.21. The van der Waals surface area contributed by atoms with Gasteiger partial charge in [-0.3, -0.25) is 9.59 Å². The molecule has 408 valence electrons. The smallest absolute Gasteiger partial charge is 0.306 e. The summed E-state index contributed by atoms with van der Waals surface area (Å²) in [5, 5.41) is 11.8. The highest BCUT2D eigenvalue weighted by molar-refractivity contribution is 5.70. The van der Waals surface area contributed by atoms with E-state index in [1.54, 1.807) is 0 Å². The van der Waals surface area contributed by atoms with Crippen LogP contribution in [0.5, 0.6) is 0 Å². The molecule has 0 radical (unpaired) electrons. The molecule has 2 atom stereocenters. The Morgan fingerprint density at radius 2 is 0.740 bits per heavy atom. The van der Waals surface area contributed by atoms with Crippen LogP contribution in [-0.2, 0) is 33.3 Å². The van der Waals surface area contributed by atoms with Gasteiger partial charge in [0.1, 0.15) is 13.2 Å². The number of nitrogens with zero attached hydrogens (tertiary/aromatic N) is 1. The van der Waals surface area contributed by atoms with E-state index >= 15 is 0 Å². The zero-order valence-corrected chi connectivity index (χ0v) is 46.2. The average Bonchev–Trinajstić information content (AvgIpc) is 3.36. The summed E-state index contributed by atoms with van der Waals surface area (Å²) in [5.74, 6) is -2.40. The number of carboxylic acid groups (broad SMARTS) is 1. The first-order valence-corrected chi connectivity index (χ1v) is 27.6. The first-order valence-electron chi connectivity index (χ1n) is 27.6. The lowest BCUT2D eigenvalue weighted by molar-refractivity contribution is -0.870. The molecule has 0 spiro atoms. The first kappa shape index (κ1) is 67.9. The maximum absolute atomic E-state index is 12.8. The topological polar surface area (TPSA) is 111 Å². The summed E-state index contributed by atoms with van der Waals surface area (Å²) >= 11 is 0. The molecule has 73 heavy (non-hydrogen) atoms. The molecule has 0 heterocycles. The minimum Gasteiger partial charge on any atom is -0.545 e. The van der Waals surface area contributed by atoms with E-state index in [1.165, 1.54) is 0 Å². The van der Waals surface area contributed by atoms with E-state index in [2.05, 4.69) is 172 Å². The van der Waals surface area contributed by atoms with E-state index in [-0.39, 0.29) is 32.7 Å². The monoisotopic (exact) mass is 1010 g/mol. The highest BCUT2D eigenvalue weighted by atomic mass is 16.7. The van der Waals surface area contributed by atoms with Crippen molar-refractivity contribution in [2.45, 2.75) is 180 Å². The van der Waals surface area contributed by atoms with Gasteiger partial charge in [0.05, 0.1) is 40.3 Å². The zero-order valence-electron chi connectivity index (χ0n) is 46.2. The number of esters is 2. The Bertz CT molecular complexity index is 1750. The average molecular weight is 1010 g/mol. The lowest BCUT2D eigenvalue weighted by Crippen LogP contribution is -2.44. The molecule has 0 aliphatic rings. The second kappa shape index (κ2) is 53.2. The lowest BCUT2D eigenvalue weighted by Gasteiger charge is -2.26. The maximum Gasteiger partial charge on any atom is 0.306 e. The molecule has 0 bridgehead atoms. The highest BCUT2D eigenvalue weighted by Crippen LogP contribution is 2.12. The van der Waals surface area contributed by atoms with Gasteiger partial charge in [-0.25, -0.2) is 0 Å². The summed E-state index contributed by atoms with van der Waals surface area (Å²) in [6, 6.07) is 0. The van der Waals surface area contributed by atoms with Gasteiger partial charge in [0, 0.05) is 12.8 Å². The Labute approximate surface area is 444 Å². The number of unbranched alkanes of at least 4 members (excludes halogenated alkanes) is 7. The molecule has 0 aromatic heterocycles. The molecule has 0 fully saturated rings. The fourth-order valence-corrected chi connectivity index (χ4v) is 6.58. The van der Waals surface area contributed by atoms with Crippen molar-refractivity contribution in [3.8, 4) is 0 Å². The number of hydrogen-bond acceptors (Lipinski definition) is 8.